The number of aliphatic carboxylic acids is 1. The van der Waals surface area contributed by atoms with E-state index in [2.05, 4.69) is 0 Å². The molecule has 0 aliphatic carbocycles. The summed E-state index contributed by atoms with van der Waals surface area (Å²) < 4.78 is 0. The predicted octanol–water partition coefficient (Wildman–Crippen LogP) is 1.33. The normalized spacial score (nSPS) is 12.4. The Labute approximate surface area is 84.5 Å². The Kier molecular flexibility index (Phi) is 7.02. The van der Waals surface area contributed by atoms with E-state index in [-0.39, 0.29) is 5.78 Å². The highest BCUT2D eigenvalue weighted by molar-refractivity contribution is 5.77. The van der Waals surface area contributed by atoms with Crippen molar-refractivity contribution in [3.8, 4) is 0 Å². The summed E-state index contributed by atoms with van der Waals surface area (Å²) >= 11 is 0. The number of carboxylic acid groups (broad SMARTS) is 1. The van der Waals surface area contributed by atoms with E-state index < -0.39 is 12.0 Å². The third kappa shape index (κ3) is 6.60. The molecule has 0 unspecified atom stereocenters. The molecular formula is C10H19NO3. The van der Waals surface area contributed by atoms with Crippen LogP contribution in [0.1, 0.15) is 45.4 Å². The Hall–Kier alpha value is -0.900. The zero-order chi connectivity index (χ0) is 11.0. The Balaban J connectivity index is 3.30. The topological polar surface area (TPSA) is 80.4 Å². The highest BCUT2D eigenvalue weighted by Crippen LogP contribution is 2.06. The molecule has 0 fully saturated rings. The average Bonchev–Trinajstić information content (AvgIpc) is 2.16. The van der Waals surface area contributed by atoms with Crippen molar-refractivity contribution >= 4 is 11.8 Å². The lowest BCUT2D eigenvalue weighted by Gasteiger charge is -2.05. The van der Waals surface area contributed by atoms with E-state index in [1.54, 1.807) is 0 Å². The van der Waals surface area contributed by atoms with Crippen LogP contribution in [-0.2, 0) is 9.59 Å². The van der Waals surface area contributed by atoms with Gasteiger partial charge in [0.1, 0.15) is 11.8 Å². The van der Waals surface area contributed by atoms with Crippen LogP contribution in [0.5, 0.6) is 0 Å². The van der Waals surface area contributed by atoms with E-state index in [0.717, 1.165) is 19.3 Å². The minimum Gasteiger partial charge on any atom is -0.480 e. The molecule has 0 spiro atoms. The van der Waals surface area contributed by atoms with Crippen molar-refractivity contribution in [1.29, 1.82) is 0 Å². The number of ketones is 1. The van der Waals surface area contributed by atoms with Gasteiger partial charge in [0, 0.05) is 12.8 Å². The molecule has 4 heteroatoms. The second kappa shape index (κ2) is 7.50. The van der Waals surface area contributed by atoms with Crippen LogP contribution in [0.4, 0.5) is 0 Å². The molecule has 4 nitrogen and oxygen atoms in total. The van der Waals surface area contributed by atoms with Gasteiger partial charge in [-0.25, -0.2) is 0 Å². The summed E-state index contributed by atoms with van der Waals surface area (Å²) in [6.45, 7) is 1.85. The molecule has 0 radical (unpaired) electrons. The SMILES string of the molecule is CCC(=O)CCCCC[C@H](N)C(=O)O. The molecule has 0 saturated heterocycles. The Morgan fingerprint density at radius 1 is 1.29 bits per heavy atom. The van der Waals surface area contributed by atoms with Crippen LogP contribution in [0.2, 0.25) is 0 Å². The van der Waals surface area contributed by atoms with Gasteiger partial charge in [0.15, 0.2) is 0 Å². The monoisotopic (exact) mass is 201 g/mol. The molecule has 14 heavy (non-hydrogen) atoms. The molecule has 0 aromatic heterocycles. The first-order valence-corrected chi connectivity index (χ1v) is 5.08. The van der Waals surface area contributed by atoms with Crippen molar-refractivity contribution < 1.29 is 14.7 Å². The lowest BCUT2D eigenvalue weighted by atomic mass is 10.1. The molecular weight excluding hydrogens is 182 g/mol. The van der Waals surface area contributed by atoms with Gasteiger partial charge in [-0.1, -0.05) is 19.8 Å². The van der Waals surface area contributed by atoms with Crippen LogP contribution >= 0.6 is 0 Å². The van der Waals surface area contributed by atoms with E-state index in [1.807, 2.05) is 6.92 Å². The molecule has 0 bridgehead atoms. The molecule has 0 aliphatic heterocycles. The lowest BCUT2D eigenvalue weighted by Crippen LogP contribution is -2.29. The first-order valence-electron chi connectivity index (χ1n) is 5.08. The van der Waals surface area contributed by atoms with Crippen LogP contribution in [0.15, 0.2) is 0 Å². The van der Waals surface area contributed by atoms with Crippen molar-refractivity contribution in [3.63, 3.8) is 0 Å². The first-order chi connectivity index (χ1) is 6.57. The number of Topliss-reactive ketones (excluding diaryl/α,β-unsaturated/α-hetero) is 1. The molecule has 0 heterocycles. The Bertz CT molecular complexity index is 192. The number of carboxylic acids is 1. The van der Waals surface area contributed by atoms with Gasteiger partial charge >= 0.3 is 5.97 Å². The molecule has 3 N–H and O–H groups in total. The Morgan fingerprint density at radius 2 is 1.93 bits per heavy atom. The van der Waals surface area contributed by atoms with Crippen molar-refractivity contribution in [2.75, 3.05) is 0 Å². The number of unbranched alkanes of at least 4 members (excludes halogenated alkanes) is 2. The molecule has 0 saturated carbocycles. The van der Waals surface area contributed by atoms with Gasteiger partial charge in [-0.15, -0.1) is 0 Å². The summed E-state index contributed by atoms with van der Waals surface area (Å²) in [6.07, 6.45) is 4.21. The van der Waals surface area contributed by atoms with E-state index in [4.69, 9.17) is 10.8 Å². The zero-order valence-corrected chi connectivity index (χ0v) is 8.66. The highest BCUT2D eigenvalue weighted by Gasteiger charge is 2.09. The lowest BCUT2D eigenvalue weighted by molar-refractivity contribution is -0.138. The van der Waals surface area contributed by atoms with Crippen molar-refractivity contribution in [1.82, 2.24) is 0 Å². The summed E-state index contributed by atoms with van der Waals surface area (Å²) in [7, 11) is 0. The summed E-state index contributed by atoms with van der Waals surface area (Å²) in [5.41, 5.74) is 5.32. The second-order valence-electron chi connectivity index (χ2n) is 3.44. The van der Waals surface area contributed by atoms with E-state index in [1.165, 1.54) is 0 Å². The molecule has 1 atom stereocenters. The number of nitrogens with two attached hydrogens (primary N) is 1. The second-order valence-corrected chi connectivity index (χ2v) is 3.44. The number of hydrogen-bond donors (Lipinski definition) is 2. The minimum atomic E-state index is -0.949. The molecule has 82 valence electrons. The maximum absolute atomic E-state index is 10.9. The molecule has 0 amide bonds. The maximum Gasteiger partial charge on any atom is 0.320 e. The van der Waals surface area contributed by atoms with Crippen LogP contribution in [0, 0.1) is 0 Å². The first kappa shape index (κ1) is 13.1. The van der Waals surface area contributed by atoms with Crippen molar-refractivity contribution in [2.24, 2.45) is 5.73 Å². The number of carbonyl (C=O) groups is 2. The third-order valence-corrected chi connectivity index (χ3v) is 2.18. The minimum absolute atomic E-state index is 0.271. The van der Waals surface area contributed by atoms with Crippen LogP contribution < -0.4 is 5.73 Å². The smallest absolute Gasteiger partial charge is 0.320 e. The van der Waals surface area contributed by atoms with E-state index in [0.29, 0.717) is 19.3 Å². The van der Waals surface area contributed by atoms with Gasteiger partial charge in [-0.3, -0.25) is 9.59 Å². The van der Waals surface area contributed by atoms with Crippen molar-refractivity contribution in [3.05, 3.63) is 0 Å². The van der Waals surface area contributed by atoms with Gasteiger partial charge in [-0.05, 0) is 12.8 Å². The van der Waals surface area contributed by atoms with E-state index >= 15 is 0 Å². The largest absolute Gasteiger partial charge is 0.480 e. The quantitative estimate of drug-likeness (QED) is 0.580. The highest BCUT2D eigenvalue weighted by atomic mass is 16.4. The van der Waals surface area contributed by atoms with E-state index in [9.17, 15) is 9.59 Å². The fourth-order valence-corrected chi connectivity index (χ4v) is 1.16. The number of carbonyl (C=O) groups excluding carboxylic acids is 1. The van der Waals surface area contributed by atoms with Crippen LogP contribution in [0.3, 0.4) is 0 Å². The van der Waals surface area contributed by atoms with Crippen molar-refractivity contribution in [2.45, 2.75) is 51.5 Å². The molecule has 0 rings (SSSR count). The van der Waals surface area contributed by atoms with Gasteiger partial charge < -0.3 is 10.8 Å². The number of hydrogen-bond acceptors (Lipinski definition) is 3. The molecule has 0 aliphatic rings. The van der Waals surface area contributed by atoms with Crippen LogP contribution in [-0.4, -0.2) is 22.9 Å². The van der Waals surface area contributed by atoms with Gasteiger partial charge in [0.05, 0.1) is 0 Å². The third-order valence-electron chi connectivity index (χ3n) is 2.18. The number of rotatable bonds is 8. The average molecular weight is 201 g/mol. The fraction of sp³-hybridized carbons (Fsp3) is 0.800. The van der Waals surface area contributed by atoms with Gasteiger partial charge in [-0.2, -0.15) is 0 Å². The van der Waals surface area contributed by atoms with Crippen LogP contribution in [0.25, 0.3) is 0 Å². The molecule has 0 aromatic rings. The summed E-state index contributed by atoms with van der Waals surface area (Å²) in [5, 5.41) is 8.49. The standard InChI is InChI=1S/C10H19NO3/c1-2-8(12)6-4-3-5-7-9(11)10(13)14/h9H,2-7,11H2,1H3,(H,13,14)/t9-/m0/s1. The summed E-state index contributed by atoms with van der Waals surface area (Å²) in [6, 6.07) is -0.753. The van der Waals surface area contributed by atoms with Gasteiger partial charge in [0.25, 0.3) is 0 Å². The molecule has 0 aromatic carbocycles. The maximum atomic E-state index is 10.9. The summed E-state index contributed by atoms with van der Waals surface area (Å²) in [5.74, 6) is -0.679. The predicted molar refractivity (Wildman–Crippen MR) is 54.0 cm³/mol. The zero-order valence-electron chi connectivity index (χ0n) is 8.66. The fourth-order valence-electron chi connectivity index (χ4n) is 1.16. The summed E-state index contributed by atoms with van der Waals surface area (Å²) in [4.78, 5) is 21.2. The Morgan fingerprint density at radius 3 is 2.43 bits per heavy atom. The van der Waals surface area contributed by atoms with Gasteiger partial charge in [0.2, 0.25) is 0 Å².